The summed E-state index contributed by atoms with van der Waals surface area (Å²) in [5.74, 6) is 0.819. The lowest BCUT2D eigenvalue weighted by molar-refractivity contribution is -0.141. The van der Waals surface area contributed by atoms with E-state index in [-0.39, 0.29) is 34.9 Å². The summed E-state index contributed by atoms with van der Waals surface area (Å²) < 4.78 is 0. The van der Waals surface area contributed by atoms with E-state index in [0.717, 1.165) is 56.9 Å². The van der Waals surface area contributed by atoms with Gasteiger partial charge in [0.15, 0.2) is 0 Å². The first-order valence-corrected chi connectivity index (χ1v) is 16.9. The summed E-state index contributed by atoms with van der Waals surface area (Å²) in [5.41, 5.74) is 3.21. The Labute approximate surface area is 263 Å². The van der Waals surface area contributed by atoms with Gasteiger partial charge < -0.3 is 20.9 Å². The minimum absolute atomic E-state index is 0.0156. The van der Waals surface area contributed by atoms with Gasteiger partial charge in [0, 0.05) is 29.7 Å². The first-order valence-electron chi connectivity index (χ1n) is 16.5. The van der Waals surface area contributed by atoms with Crippen molar-refractivity contribution >= 4 is 23.4 Å². The normalized spacial score (nSPS) is 21.9. The fourth-order valence-corrected chi connectivity index (χ4v) is 7.65. The van der Waals surface area contributed by atoms with Gasteiger partial charge >= 0.3 is 0 Å². The van der Waals surface area contributed by atoms with E-state index in [1.807, 2.05) is 12.1 Å². The molecule has 1 saturated heterocycles. The van der Waals surface area contributed by atoms with E-state index in [4.69, 9.17) is 11.6 Å². The van der Waals surface area contributed by atoms with Gasteiger partial charge in [0.1, 0.15) is 0 Å². The van der Waals surface area contributed by atoms with Gasteiger partial charge in [0.25, 0.3) is 0 Å². The summed E-state index contributed by atoms with van der Waals surface area (Å²) in [6.45, 7) is 9.74. The second-order valence-corrected chi connectivity index (χ2v) is 14.7. The number of piperidine rings is 1. The smallest absolute Gasteiger partial charge is 0.237 e. The minimum atomic E-state index is -0.260. The molecule has 3 aliphatic rings. The molecule has 6 nitrogen and oxygen atoms in total. The Balaban J connectivity index is 1.22. The lowest BCUT2D eigenvalue weighted by Gasteiger charge is -2.48. The van der Waals surface area contributed by atoms with Gasteiger partial charge in [-0.2, -0.15) is 0 Å². The SMILES string of the molecule is CC(C)(C)NC(=O)C1(C2CCCCC2)CCN(CC[C@@H](Cc2ccc(Cl)cc2)NC(=O)[C@H]2Cc3ccccc3CN2)CC1. The summed E-state index contributed by atoms with van der Waals surface area (Å²) in [6.07, 6.45) is 10.3. The van der Waals surface area contributed by atoms with Crippen LogP contribution in [-0.4, -0.2) is 54.0 Å². The quantitative estimate of drug-likeness (QED) is 0.325. The molecule has 0 aromatic heterocycles. The first-order chi connectivity index (χ1) is 20.6. The number of carbonyl (C=O) groups excluding carboxylic acids is 2. The maximum atomic E-state index is 13.8. The van der Waals surface area contributed by atoms with E-state index in [2.05, 4.69) is 78.0 Å². The topological polar surface area (TPSA) is 73.5 Å². The van der Waals surface area contributed by atoms with Crippen molar-refractivity contribution in [3.8, 4) is 0 Å². The molecule has 7 heteroatoms. The second kappa shape index (κ2) is 14.1. The van der Waals surface area contributed by atoms with Crippen molar-refractivity contribution in [2.75, 3.05) is 19.6 Å². The summed E-state index contributed by atoms with van der Waals surface area (Å²) in [6, 6.07) is 16.1. The molecular weight excluding hydrogens is 556 g/mol. The van der Waals surface area contributed by atoms with Crippen LogP contribution in [0.3, 0.4) is 0 Å². The zero-order valence-corrected chi connectivity index (χ0v) is 27.1. The Kier molecular flexibility index (Phi) is 10.5. The third kappa shape index (κ3) is 8.40. The van der Waals surface area contributed by atoms with Gasteiger partial charge in [-0.25, -0.2) is 0 Å². The van der Waals surface area contributed by atoms with Crippen molar-refractivity contribution in [2.24, 2.45) is 11.3 Å². The van der Waals surface area contributed by atoms with E-state index < -0.39 is 0 Å². The number of benzene rings is 2. The highest BCUT2D eigenvalue weighted by Gasteiger charge is 2.48. The van der Waals surface area contributed by atoms with Crippen molar-refractivity contribution < 1.29 is 9.59 Å². The van der Waals surface area contributed by atoms with Crippen LogP contribution in [0.25, 0.3) is 0 Å². The molecule has 2 amide bonds. The standard InChI is InChI=1S/C36H51ClN4O2/c1-35(2,3)40-34(43)36(29-11-5-4-6-12-29)18-21-41(22-19-36)20-17-31(23-26-13-15-30(37)16-14-26)39-33(42)32-24-27-9-7-8-10-28(27)25-38-32/h7-10,13-16,29,31-32,38H,4-6,11-12,17-25H2,1-3H3,(H,39,42)(H,40,43)/t31-,32+/m0/s1. The van der Waals surface area contributed by atoms with Crippen LogP contribution in [0, 0.1) is 11.3 Å². The second-order valence-electron chi connectivity index (χ2n) is 14.3. The van der Waals surface area contributed by atoms with Gasteiger partial charge in [0.05, 0.1) is 11.5 Å². The number of fused-ring (bicyclic) bond motifs is 1. The molecule has 0 unspecified atom stereocenters. The first kappa shape index (κ1) is 32.0. The highest BCUT2D eigenvalue weighted by Crippen LogP contribution is 2.46. The molecule has 1 saturated carbocycles. The van der Waals surface area contributed by atoms with Crippen molar-refractivity contribution in [2.45, 2.75) is 109 Å². The van der Waals surface area contributed by atoms with Crippen LogP contribution in [0.15, 0.2) is 48.5 Å². The zero-order chi connectivity index (χ0) is 30.5. The van der Waals surface area contributed by atoms with Crippen LogP contribution in [0.1, 0.15) is 88.8 Å². The number of halogens is 1. The molecule has 2 atom stereocenters. The van der Waals surface area contributed by atoms with E-state index in [0.29, 0.717) is 12.3 Å². The molecule has 2 aromatic carbocycles. The van der Waals surface area contributed by atoms with Crippen molar-refractivity contribution in [3.05, 3.63) is 70.2 Å². The number of hydrogen-bond donors (Lipinski definition) is 3. The largest absolute Gasteiger partial charge is 0.352 e. The predicted molar refractivity (Wildman–Crippen MR) is 175 cm³/mol. The molecule has 2 fully saturated rings. The summed E-state index contributed by atoms with van der Waals surface area (Å²) in [5, 5.41) is 10.9. The molecule has 1 aliphatic carbocycles. The van der Waals surface area contributed by atoms with E-state index in [1.165, 1.54) is 48.8 Å². The van der Waals surface area contributed by atoms with Gasteiger partial charge in [-0.3, -0.25) is 9.59 Å². The van der Waals surface area contributed by atoms with E-state index >= 15 is 0 Å². The number of amides is 2. The fourth-order valence-electron chi connectivity index (χ4n) is 7.53. The molecule has 2 aromatic rings. The Bertz CT molecular complexity index is 1230. The number of nitrogens with zero attached hydrogens (tertiary/aromatic N) is 1. The number of likely N-dealkylation sites (tertiary alicyclic amines) is 1. The van der Waals surface area contributed by atoms with Crippen LogP contribution in [0.4, 0.5) is 0 Å². The lowest BCUT2D eigenvalue weighted by Crippen LogP contribution is -2.56. The molecule has 2 heterocycles. The lowest BCUT2D eigenvalue weighted by atomic mass is 9.63. The minimum Gasteiger partial charge on any atom is -0.352 e. The monoisotopic (exact) mass is 606 g/mol. The van der Waals surface area contributed by atoms with Crippen LogP contribution in [-0.2, 0) is 29.0 Å². The van der Waals surface area contributed by atoms with E-state index in [1.54, 1.807) is 0 Å². The molecule has 0 spiro atoms. The number of nitrogens with one attached hydrogen (secondary N) is 3. The summed E-state index contributed by atoms with van der Waals surface area (Å²) >= 11 is 6.16. The molecule has 43 heavy (non-hydrogen) atoms. The van der Waals surface area contributed by atoms with Crippen LogP contribution < -0.4 is 16.0 Å². The number of rotatable bonds is 9. The average Bonchev–Trinajstić information content (AvgIpc) is 3.00. The van der Waals surface area contributed by atoms with Crippen molar-refractivity contribution in [1.82, 2.24) is 20.9 Å². The molecule has 3 N–H and O–H groups in total. The third-order valence-electron chi connectivity index (χ3n) is 10.0. The predicted octanol–water partition coefficient (Wildman–Crippen LogP) is 6.05. The Hall–Kier alpha value is -2.41. The van der Waals surface area contributed by atoms with Crippen LogP contribution >= 0.6 is 11.6 Å². The Morgan fingerprint density at radius 3 is 2.35 bits per heavy atom. The summed E-state index contributed by atoms with van der Waals surface area (Å²) in [7, 11) is 0. The molecular formula is C36H51ClN4O2. The Morgan fingerprint density at radius 2 is 1.67 bits per heavy atom. The Morgan fingerprint density at radius 1 is 1.00 bits per heavy atom. The highest BCUT2D eigenvalue weighted by atomic mass is 35.5. The molecule has 0 bridgehead atoms. The number of hydrogen-bond acceptors (Lipinski definition) is 4. The van der Waals surface area contributed by atoms with Crippen LogP contribution in [0.5, 0.6) is 0 Å². The highest BCUT2D eigenvalue weighted by molar-refractivity contribution is 6.30. The van der Waals surface area contributed by atoms with Gasteiger partial charge in [0.2, 0.25) is 11.8 Å². The van der Waals surface area contributed by atoms with Gasteiger partial charge in [-0.15, -0.1) is 0 Å². The molecule has 2 aliphatic heterocycles. The van der Waals surface area contributed by atoms with Crippen molar-refractivity contribution in [3.63, 3.8) is 0 Å². The van der Waals surface area contributed by atoms with E-state index in [9.17, 15) is 9.59 Å². The molecule has 234 valence electrons. The summed E-state index contributed by atoms with van der Waals surface area (Å²) in [4.78, 5) is 29.8. The maximum absolute atomic E-state index is 13.8. The zero-order valence-electron chi connectivity index (χ0n) is 26.4. The fraction of sp³-hybridized carbons (Fsp3) is 0.611. The van der Waals surface area contributed by atoms with Gasteiger partial charge in [-0.05, 0) is 114 Å². The molecule has 5 rings (SSSR count). The number of carbonyl (C=O) groups is 2. The van der Waals surface area contributed by atoms with Gasteiger partial charge in [-0.1, -0.05) is 67.3 Å². The third-order valence-corrected chi connectivity index (χ3v) is 10.3. The maximum Gasteiger partial charge on any atom is 0.237 e. The average molecular weight is 607 g/mol. The van der Waals surface area contributed by atoms with Crippen molar-refractivity contribution in [1.29, 1.82) is 0 Å². The van der Waals surface area contributed by atoms with Crippen LogP contribution in [0.2, 0.25) is 5.02 Å². The molecule has 0 radical (unpaired) electrons.